The summed E-state index contributed by atoms with van der Waals surface area (Å²) in [4.78, 5) is 30.8. The topological polar surface area (TPSA) is 73.7 Å². The number of aliphatic carboxylic acids is 1. The molecule has 1 rings (SSSR count). The van der Waals surface area contributed by atoms with Crippen molar-refractivity contribution in [1.82, 2.24) is 9.88 Å². The van der Waals surface area contributed by atoms with Crippen molar-refractivity contribution in [1.29, 1.82) is 0 Å². The van der Waals surface area contributed by atoms with E-state index in [1.54, 1.807) is 28.1 Å². The number of aromatic nitrogens is 1. The Hall–Kier alpha value is -2.11. The van der Waals surface area contributed by atoms with E-state index in [1.807, 2.05) is 27.7 Å². The highest BCUT2D eigenvalue weighted by molar-refractivity contribution is 5.93. The van der Waals surface area contributed by atoms with Gasteiger partial charge in [0.1, 0.15) is 12.2 Å². The highest BCUT2D eigenvalue weighted by atomic mass is 16.4. The molecule has 0 aliphatic rings. The summed E-state index contributed by atoms with van der Waals surface area (Å²) in [5, 5.41) is 9.00. The van der Waals surface area contributed by atoms with E-state index >= 15 is 0 Å². The van der Waals surface area contributed by atoms with Crippen LogP contribution in [0.25, 0.3) is 0 Å². The van der Waals surface area contributed by atoms with Crippen molar-refractivity contribution in [2.24, 2.45) is 0 Å². The molecule has 6 heteroatoms. The highest BCUT2D eigenvalue weighted by Gasteiger charge is 2.18. The van der Waals surface area contributed by atoms with Crippen molar-refractivity contribution in [3.8, 4) is 0 Å². The minimum absolute atomic E-state index is 0.0138. The second kappa shape index (κ2) is 7.61. The Morgan fingerprint density at radius 2 is 1.90 bits per heavy atom. The molecule has 0 atom stereocenters. The van der Waals surface area contributed by atoms with Gasteiger partial charge in [-0.1, -0.05) is 0 Å². The van der Waals surface area contributed by atoms with Crippen LogP contribution in [-0.2, 0) is 4.79 Å². The zero-order valence-electron chi connectivity index (χ0n) is 13.0. The maximum Gasteiger partial charge on any atom is 0.323 e. The number of hydrogen-bond donors (Lipinski definition) is 1. The zero-order chi connectivity index (χ0) is 16.0. The summed E-state index contributed by atoms with van der Waals surface area (Å²) in [7, 11) is 0. The van der Waals surface area contributed by atoms with E-state index in [-0.39, 0.29) is 18.5 Å². The van der Waals surface area contributed by atoms with Crippen LogP contribution in [0.15, 0.2) is 18.3 Å². The first kappa shape index (κ1) is 16.9. The third-order valence-corrected chi connectivity index (χ3v) is 3.27. The van der Waals surface area contributed by atoms with Crippen LogP contribution in [0.3, 0.4) is 0 Å². The molecule has 0 saturated carbocycles. The van der Waals surface area contributed by atoms with Gasteiger partial charge in [-0.15, -0.1) is 0 Å². The average Bonchev–Trinajstić information content (AvgIpc) is 2.45. The lowest BCUT2D eigenvalue weighted by Crippen LogP contribution is -2.36. The van der Waals surface area contributed by atoms with Gasteiger partial charge in [-0.3, -0.25) is 14.6 Å². The Labute approximate surface area is 125 Å². The fraction of sp³-hybridized carbons (Fsp3) is 0.533. The molecule has 1 aromatic rings. The SMILES string of the molecule is CCN(CC)C(=O)c1cc(N(CC(=O)O)C(C)C)ccn1. The molecule has 0 bridgehead atoms. The van der Waals surface area contributed by atoms with Crippen LogP contribution in [0, 0.1) is 0 Å². The standard InChI is InChI=1S/C15H23N3O3/c1-5-17(6-2)15(21)13-9-12(7-8-16-13)18(11(3)4)10-14(19)20/h7-9,11H,5-6,10H2,1-4H3,(H,19,20). The van der Waals surface area contributed by atoms with Gasteiger partial charge >= 0.3 is 5.97 Å². The van der Waals surface area contributed by atoms with Gasteiger partial charge in [0.2, 0.25) is 0 Å². The number of hydrogen-bond acceptors (Lipinski definition) is 4. The van der Waals surface area contributed by atoms with Crippen LogP contribution in [0.1, 0.15) is 38.2 Å². The Bertz CT molecular complexity index is 499. The van der Waals surface area contributed by atoms with Crippen LogP contribution in [0.4, 0.5) is 5.69 Å². The molecule has 1 aromatic heterocycles. The molecule has 0 fully saturated rings. The molecule has 116 valence electrons. The van der Waals surface area contributed by atoms with Gasteiger partial charge in [0, 0.05) is 31.0 Å². The molecule has 0 spiro atoms. The minimum Gasteiger partial charge on any atom is -0.480 e. The van der Waals surface area contributed by atoms with Crippen molar-refractivity contribution >= 4 is 17.6 Å². The number of carboxylic acid groups (broad SMARTS) is 1. The number of carboxylic acids is 1. The summed E-state index contributed by atoms with van der Waals surface area (Å²) in [6.45, 7) is 8.77. The van der Waals surface area contributed by atoms with Gasteiger partial charge in [0.05, 0.1) is 0 Å². The predicted octanol–water partition coefficient (Wildman–Crippen LogP) is 1.86. The van der Waals surface area contributed by atoms with E-state index in [1.165, 1.54) is 0 Å². The molecule has 0 aliphatic carbocycles. The number of nitrogens with zero attached hydrogens (tertiary/aromatic N) is 3. The van der Waals surface area contributed by atoms with E-state index in [2.05, 4.69) is 4.98 Å². The number of carbonyl (C=O) groups is 2. The third kappa shape index (κ3) is 4.44. The van der Waals surface area contributed by atoms with E-state index in [0.29, 0.717) is 24.5 Å². The molecule has 0 radical (unpaired) electrons. The van der Waals surface area contributed by atoms with Crippen molar-refractivity contribution in [3.05, 3.63) is 24.0 Å². The van der Waals surface area contributed by atoms with E-state index in [4.69, 9.17) is 5.11 Å². The molecule has 21 heavy (non-hydrogen) atoms. The maximum absolute atomic E-state index is 12.3. The quantitative estimate of drug-likeness (QED) is 0.830. The molecule has 0 aromatic carbocycles. The Kier molecular flexibility index (Phi) is 6.14. The first-order valence-corrected chi connectivity index (χ1v) is 7.14. The van der Waals surface area contributed by atoms with Gasteiger partial charge in [-0.2, -0.15) is 0 Å². The van der Waals surface area contributed by atoms with Crippen molar-refractivity contribution in [2.45, 2.75) is 33.7 Å². The monoisotopic (exact) mass is 293 g/mol. The number of anilines is 1. The molecule has 0 aliphatic heterocycles. The Morgan fingerprint density at radius 3 is 2.38 bits per heavy atom. The fourth-order valence-electron chi connectivity index (χ4n) is 2.11. The lowest BCUT2D eigenvalue weighted by molar-refractivity contribution is -0.135. The lowest BCUT2D eigenvalue weighted by Gasteiger charge is -2.27. The van der Waals surface area contributed by atoms with Crippen LogP contribution in [0.2, 0.25) is 0 Å². The maximum atomic E-state index is 12.3. The summed E-state index contributed by atoms with van der Waals surface area (Å²) in [6, 6.07) is 3.39. The van der Waals surface area contributed by atoms with Gasteiger partial charge in [-0.05, 0) is 39.8 Å². The van der Waals surface area contributed by atoms with E-state index in [0.717, 1.165) is 0 Å². The molecule has 0 unspecified atom stereocenters. The normalized spacial score (nSPS) is 10.5. The van der Waals surface area contributed by atoms with Crippen LogP contribution in [-0.4, -0.2) is 52.5 Å². The van der Waals surface area contributed by atoms with Crippen LogP contribution in [0.5, 0.6) is 0 Å². The number of pyridine rings is 1. The first-order valence-electron chi connectivity index (χ1n) is 7.14. The van der Waals surface area contributed by atoms with E-state index in [9.17, 15) is 9.59 Å². The highest BCUT2D eigenvalue weighted by Crippen LogP contribution is 2.18. The second-order valence-corrected chi connectivity index (χ2v) is 4.99. The Morgan fingerprint density at radius 1 is 1.29 bits per heavy atom. The van der Waals surface area contributed by atoms with Gasteiger partial charge < -0.3 is 14.9 Å². The summed E-state index contributed by atoms with van der Waals surface area (Å²) >= 11 is 0. The molecular formula is C15H23N3O3. The van der Waals surface area contributed by atoms with Crippen molar-refractivity contribution in [3.63, 3.8) is 0 Å². The summed E-state index contributed by atoms with van der Waals surface area (Å²) in [6.07, 6.45) is 1.54. The van der Waals surface area contributed by atoms with Crippen LogP contribution >= 0.6 is 0 Å². The van der Waals surface area contributed by atoms with Crippen LogP contribution < -0.4 is 4.90 Å². The molecule has 1 heterocycles. The van der Waals surface area contributed by atoms with Crippen molar-refractivity contribution in [2.75, 3.05) is 24.5 Å². The number of carbonyl (C=O) groups excluding carboxylic acids is 1. The number of rotatable bonds is 7. The second-order valence-electron chi connectivity index (χ2n) is 4.99. The summed E-state index contributed by atoms with van der Waals surface area (Å²) in [5.74, 6) is -1.04. The molecule has 1 amide bonds. The predicted molar refractivity (Wildman–Crippen MR) is 81.6 cm³/mol. The van der Waals surface area contributed by atoms with Gasteiger partial charge in [-0.25, -0.2) is 0 Å². The molecule has 0 saturated heterocycles. The third-order valence-electron chi connectivity index (χ3n) is 3.27. The smallest absolute Gasteiger partial charge is 0.323 e. The largest absolute Gasteiger partial charge is 0.480 e. The summed E-state index contributed by atoms with van der Waals surface area (Å²) < 4.78 is 0. The van der Waals surface area contributed by atoms with E-state index < -0.39 is 5.97 Å². The molecule has 1 N–H and O–H groups in total. The first-order chi connectivity index (χ1) is 9.90. The summed E-state index contributed by atoms with van der Waals surface area (Å²) in [5.41, 5.74) is 1.03. The molecule has 6 nitrogen and oxygen atoms in total. The molecular weight excluding hydrogens is 270 g/mol. The van der Waals surface area contributed by atoms with Crippen molar-refractivity contribution < 1.29 is 14.7 Å². The fourth-order valence-corrected chi connectivity index (χ4v) is 2.11. The average molecular weight is 293 g/mol. The van der Waals surface area contributed by atoms with Gasteiger partial charge in [0.25, 0.3) is 5.91 Å². The van der Waals surface area contributed by atoms with Gasteiger partial charge in [0.15, 0.2) is 0 Å². The minimum atomic E-state index is -0.905. The zero-order valence-corrected chi connectivity index (χ0v) is 13.0. The Balaban J connectivity index is 3.08. The number of amides is 1. The lowest BCUT2D eigenvalue weighted by atomic mass is 10.2.